The summed E-state index contributed by atoms with van der Waals surface area (Å²) in [6, 6.07) is 13.4. The molecule has 0 amide bonds. The van der Waals surface area contributed by atoms with Crippen molar-refractivity contribution in [1.82, 2.24) is 0 Å². The van der Waals surface area contributed by atoms with Crippen molar-refractivity contribution in [2.45, 2.75) is 0 Å². The molecule has 0 radical (unpaired) electrons. The Labute approximate surface area is 104 Å². The molecule has 0 bridgehead atoms. The minimum Gasteiger partial charge on any atom is -0.278 e. The third kappa shape index (κ3) is 3.57. The van der Waals surface area contributed by atoms with Gasteiger partial charge in [0.25, 0.3) is 0 Å². The number of hydrazone groups is 1. The molecule has 0 aliphatic heterocycles. The van der Waals surface area contributed by atoms with Crippen LogP contribution in [0.3, 0.4) is 0 Å². The van der Waals surface area contributed by atoms with Gasteiger partial charge in [0.2, 0.25) is 0 Å². The molecule has 0 aliphatic carbocycles. The lowest BCUT2D eigenvalue weighted by Crippen LogP contribution is -1.90. The monoisotopic (exact) mass is 248 g/mol. The molecule has 17 heavy (non-hydrogen) atoms. The number of benzene rings is 2. The van der Waals surface area contributed by atoms with Crippen LogP contribution in [-0.2, 0) is 0 Å². The molecule has 0 saturated carbocycles. The van der Waals surface area contributed by atoms with Crippen LogP contribution in [0.4, 0.5) is 10.1 Å². The fourth-order valence-electron chi connectivity index (χ4n) is 1.33. The fourth-order valence-corrected chi connectivity index (χ4v) is 1.52. The highest BCUT2D eigenvalue weighted by Gasteiger charge is 1.92. The second-order valence-electron chi connectivity index (χ2n) is 3.44. The minimum absolute atomic E-state index is 0.281. The molecule has 0 aromatic heterocycles. The van der Waals surface area contributed by atoms with Gasteiger partial charge in [0.15, 0.2) is 0 Å². The van der Waals surface area contributed by atoms with Gasteiger partial charge in [-0.1, -0.05) is 29.8 Å². The number of nitrogens with zero attached hydrogens (tertiary/aromatic N) is 1. The third-order valence-corrected chi connectivity index (χ3v) is 2.32. The van der Waals surface area contributed by atoms with E-state index in [2.05, 4.69) is 10.5 Å². The Morgan fingerprint density at radius 3 is 2.71 bits per heavy atom. The van der Waals surface area contributed by atoms with E-state index in [0.29, 0.717) is 10.6 Å². The molecule has 1 N–H and O–H groups in total. The Balaban J connectivity index is 2.03. The van der Waals surface area contributed by atoms with E-state index in [4.69, 9.17) is 11.6 Å². The van der Waals surface area contributed by atoms with E-state index in [1.807, 2.05) is 12.1 Å². The average Bonchev–Trinajstić information content (AvgIpc) is 2.29. The summed E-state index contributed by atoms with van der Waals surface area (Å²) < 4.78 is 12.9. The van der Waals surface area contributed by atoms with Gasteiger partial charge in [0, 0.05) is 5.02 Å². The van der Waals surface area contributed by atoms with Gasteiger partial charge in [0.1, 0.15) is 5.82 Å². The third-order valence-electron chi connectivity index (χ3n) is 2.08. The van der Waals surface area contributed by atoms with E-state index in [0.717, 1.165) is 5.69 Å². The molecular formula is C13H10ClFN2. The predicted octanol–water partition coefficient (Wildman–Crippen LogP) is 3.93. The first kappa shape index (κ1) is 11.6. The van der Waals surface area contributed by atoms with E-state index in [1.165, 1.54) is 12.1 Å². The highest BCUT2D eigenvalue weighted by atomic mass is 35.5. The van der Waals surface area contributed by atoms with Gasteiger partial charge in [-0.15, -0.1) is 0 Å². The second-order valence-corrected chi connectivity index (χ2v) is 3.87. The summed E-state index contributed by atoms with van der Waals surface area (Å²) in [4.78, 5) is 0. The van der Waals surface area contributed by atoms with Crippen LogP contribution in [0.1, 0.15) is 5.56 Å². The largest absolute Gasteiger partial charge is 0.278 e. The standard InChI is InChI=1S/C13H10ClFN2/c14-11-4-2-6-13(8-11)17-16-9-10-3-1-5-12(15)7-10/h1-9,17H/b16-9+. The Morgan fingerprint density at radius 1 is 1.12 bits per heavy atom. The van der Waals surface area contributed by atoms with Crippen molar-refractivity contribution in [3.8, 4) is 0 Å². The normalized spacial score (nSPS) is 10.7. The van der Waals surface area contributed by atoms with Crippen molar-refractivity contribution < 1.29 is 4.39 Å². The molecule has 0 saturated heterocycles. The number of hydrogen-bond donors (Lipinski definition) is 1. The van der Waals surface area contributed by atoms with Gasteiger partial charge >= 0.3 is 0 Å². The maximum atomic E-state index is 12.9. The molecule has 0 aliphatic rings. The molecule has 0 spiro atoms. The minimum atomic E-state index is -0.281. The van der Waals surface area contributed by atoms with Crippen molar-refractivity contribution in [2.75, 3.05) is 5.43 Å². The number of rotatable bonds is 3. The van der Waals surface area contributed by atoms with Crippen molar-refractivity contribution in [3.05, 3.63) is 64.9 Å². The van der Waals surface area contributed by atoms with Gasteiger partial charge in [-0.2, -0.15) is 5.10 Å². The number of anilines is 1. The Morgan fingerprint density at radius 2 is 1.94 bits per heavy atom. The van der Waals surface area contributed by atoms with Crippen LogP contribution in [0.25, 0.3) is 0 Å². The summed E-state index contributed by atoms with van der Waals surface area (Å²) >= 11 is 5.82. The summed E-state index contributed by atoms with van der Waals surface area (Å²) in [5, 5.41) is 4.63. The number of halogens is 2. The van der Waals surface area contributed by atoms with Crippen LogP contribution in [-0.4, -0.2) is 6.21 Å². The lowest BCUT2D eigenvalue weighted by Gasteiger charge is -1.99. The second kappa shape index (κ2) is 5.46. The van der Waals surface area contributed by atoms with Crippen LogP contribution < -0.4 is 5.43 Å². The molecule has 2 nitrogen and oxygen atoms in total. The van der Waals surface area contributed by atoms with Crippen LogP contribution in [0, 0.1) is 5.82 Å². The highest BCUT2D eigenvalue weighted by molar-refractivity contribution is 6.30. The maximum Gasteiger partial charge on any atom is 0.123 e. The zero-order valence-corrected chi connectivity index (χ0v) is 9.66. The van der Waals surface area contributed by atoms with Gasteiger partial charge < -0.3 is 0 Å². The van der Waals surface area contributed by atoms with Gasteiger partial charge in [-0.05, 0) is 35.9 Å². The zero-order valence-electron chi connectivity index (χ0n) is 8.90. The summed E-state index contributed by atoms with van der Waals surface area (Å²) in [5.41, 5.74) is 4.29. The van der Waals surface area contributed by atoms with Crippen LogP contribution in [0.2, 0.25) is 5.02 Å². The molecule has 2 aromatic carbocycles. The summed E-state index contributed by atoms with van der Waals surface area (Å²) in [7, 11) is 0. The van der Waals surface area contributed by atoms with Gasteiger partial charge in [-0.25, -0.2) is 4.39 Å². The van der Waals surface area contributed by atoms with Gasteiger partial charge in [-0.3, -0.25) is 5.43 Å². The topological polar surface area (TPSA) is 24.4 Å². The van der Waals surface area contributed by atoms with Crippen LogP contribution in [0.15, 0.2) is 53.6 Å². The first-order valence-electron chi connectivity index (χ1n) is 5.04. The van der Waals surface area contributed by atoms with Crippen molar-refractivity contribution in [3.63, 3.8) is 0 Å². The molecule has 0 unspecified atom stereocenters. The molecule has 2 rings (SSSR count). The summed E-state index contributed by atoms with van der Waals surface area (Å²) in [5.74, 6) is -0.281. The number of hydrogen-bond acceptors (Lipinski definition) is 2. The maximum absolute atomic E-state index is 12.9. The zero-order chi connectivity index (χ0) is 12.1. The average molecular weight is 249 g/mol. The van der Waals surface area contributed by atoms with Crippen LogP contribution in [0.5, 0.6) is 0 Å². The SMILES string of the molecule is Fc1cccc(/C=N/Nc2cccc(Cl)c2)c1. The van der Waals surface area contributed by atoms with E-state index < -0.39 is 0 Å². The molecule has 0 atom stereocenters. The predicted molar refractivity (Wildman–Crippen MR) is 69.1 cm³/mol. The van der Waals surface area contributed by atoms with E-state index in [1.54, 1.807) is 30.5 Å². The molecule has 0 heterocycles. The summed E-state index contributed by atoms with van der Waals surface area (Å²) in [6.45, 7) is 0. The lowest BCUT2D eigenvalue weighted by atomic mass is 10.2. The molecule has 86 valence electrons. The molecular weight excluding hydrogens is 239 g/mol. The Kier molecular flexibility index (Phi) is 3.73. The van der Waals surface area contributed by atoms with E-state index >= 15 is 0 Å². The van der Waals surface area contributed by atoms with Gasteiger partial charge in [0.05, 0.1) is 11.9 Å². The first-order valence-corrected chi connectivity index (χ1v) is 5.42. The fraction of sp³-hybridized carbons (Fsp3) is 0. The van der Waals surface area contributed by atoms with Crippen molar-refractivity contribution in [2.24, 2.45) is 5.10 Å². The van der Waals surface area contributed by atoms with Crippen LogP contribution >= 0.6 is 11.6 Å². The van der Waals surface area contributed by atoms with Crippen molar-refractivity contribution in [1.29, 1.82) is 0 Å². The van der Waals surface area contributed by atoms with E-state index in [-0.39, 0.29) is 5.82 Å². The number of nitrogens with one attached hydrogen (secondary N) is 1. The highest BCUT2D eigenvalue weighted by Crippen LogP contribution is 2.14. The lowest BCUT2D eigenvalue weighted by molar-refractivity contribution is 0.627. The smallest absolute Gasteiger partial charge is 0.123 e. The summed E-state index contributed by atoms with van der Waals surface area (Å²) in [6.07, 6.45) is 1.55. The Hall–Kier alpha value is -1.87. The van der Waals surface area contributed by atoms with Crippen molar-refractivity contribution >= 4 is 23.5 Å². The quantitative estimate of drug-likeness (QED) is 0.646. The first-order chi connectivity index (χ1) is 8.24. The molecule has 2 aromatic rings. The van der Waals surface area contributed by atoms with E-state index in [9.17, 15) is 4.39 Å². The molecule has 4 heteroatoms. The molecule has 0 fully saturated rings. The Bertz CT molecular complexity index is 540.